The van der Waals surface area contributed by atoms with Gasteiger partial charge in [0.25, 0.3) is 0 Å². The van der Waals surface area contributed by atoms with E-state index in [4.69, 9.17) is 23.2 Å². The van der Waals surface area contributed by atoms with Gasteiger partial charge in [-0.2, -0.15) is 0 Å². The first kappa shape index (κ1) is 17.5. The van der Waals surface area contributed by atoms with E-state index >= 15 is 0 Å². The van der Waals surface area contributed by atoms with Crippen LogP contribution in [0.15, 0.2) is 35.9 Å². The van der Waals surface area contributed by atoms with Crippen molar-refractivity contribution in [3.63, 3.8) is 0 Å². The van der Waals surface area contributed by atoms with E-state index in [0.717, 1.165) is 5.01 Å². The highest BCUT2D eigenvalue weighted by molar-refractivity contribution is 7.10. The quantitative estimate of drug-likeness (QED) is 0.819. The molecule has 1 heterocycles. The fourth-order valence-electron chi connectivity index (χ4n) is 1.65. The van der Waals surface area contributed by atoms with Gasteiger partial charge in [-0.05, 0) is 24.3 Å². The zero-order valence-corrected chi connectivity index (χ0v) is 14.5. The third-order valence-electron chi connectivity index (χ3n) is 2.78. The molecule has 0 spiro atoms. The average Bonchev–Trinajstić information content (AvgIpc) is 3.01. The second-order valence-corrected chi connectivity index (χ2v) is 6.32. The Balaban J connectivity index is 1.88. The predicted molar refractivity (Wildman–Crippen MR) is 93.9 cm³/mol. The number of nitrogens with zero attached hydrogens (tertiary/aromatic N) is 2. The van der Waals surface area contributed by atoms with E-state index in [9.17, 15) is 9.59 Å². The van der Waals surface area contributed by atoms with Gasteiger partial charge in [-0.15, -0.1) is 11.3 Å². The molecule has 0 radical (unpaired) electrons. The lowest BCUT2D eigenvalue weighted by atomic mass is 10.3. The third-order valence-corrected chi connectivity index (χ3v) is 4.26. The summed E-state index contributed by atoms with van der Waals surface area (Å²) >= 11 is 13.1. The van der Waals surface area contributed by atoms with Crippen LogP contribution in [-0.2, 0) is 9.59 Å². The van der Waals surface area contributed by atoms with Gasteiger partial charge in [-0.1, -0.05) is 23.2 Å². The number of aromatic nitrogens is 1. The van der Waals surface area contributed by atoms with Crippen LogP contribution < -0.4 is 5.32 Å². The number of hydrogen-bond donors (Lipinski definition) is 1. The summed E-state index contributed by atoms with van der Waals surface area (Å²) in [6.07, 6.45) is 4.65. The minimum Gasteiger partial charge on any atom is -0.333 e. The van der Waals surface area contributed by atoms with Crippen molar-refractivity contribution < 1.29 is 9.59 Å². The van der Waals surface area contributed by atoms with E-state index in [2.05, 4.69) is 10.3 Å². The molecule has 0 saturated carbocycles. The van der Waals surface area contributed by atoms with Crippen molar-refractivity contribution in [1.29, 1.82) is 0 Å². The van der Waals surface area contributed by atoms with Gasteiger partial charge in [0.05, 0.1) is 16.6 Å². The van der Waals surface area contributed by atoms with Crippen LogP contribution >= 0.6 is 34.5 Å². The number of likely N-dealkylation sites (N-methyl/N-ethyl adjacent to an activating group) is 1. The number of rotatable bonds is 5. The van der Waals surface area contributed by atoms with Crippen molar-refractivity contribution in [3.05, 3.63) is 50.9 Å². The number of amides is 2. The maximum atomic E-state index is 11.9. The van der Waals surface area contributed by atoms with E-state index in [1.807, 2.05) is 5.38 Å². The van der Waals surface area contributed by atoms with Crippen LogP contribution in [0, 0.1) is 0 Å². The molecule has 0 aliphatic rings. The van der Waals surface area contributed by atoms with Crippen LogP contribution in [0.2, 0.25) is 10.0 Å². The molecule has 0 atom stereocenters. The lowest BCUT2D eigenvalue weighted by Gasteiger charge is -2.15. The Hall–Kier alpha value is -1.89. The predicted octanol–water partition coefficient (Wildman–Crippen LogP) is 3.56. The van der Waals surface area contributed by atoms with Crippen molar-refractivity contribution in [2.24, 2.45) is 0 Å². The Morgan fingerprint density at radius 2 is 2.13 bits per heavy atom. The van der Waals surface area contributed by atoms with Crippen LogP contribution in [0.1, 0.15) is 5.01 Å². The summed E-state index contributed by atoms with van der Waals surface area (Å²) in [5.74, 6) is -0.619. The summed E-state index contributed by atoms with van der Waals surface area (Å²) < 4.78 is 0. The van der Waals surface area contributed by atoms with Crippen LogP contribution in [0.25, 0.3) is 6.08 Å². The van der Waals surface area contributed by atoms with E-state index in [1.165, 1.54) is 22.3 Å². The van der Waals surface area contributed by atoms with Gasteiger partial charge in [0.2, 0.25) is 11.8 Å². The topological polar surface area (TPSA) is 62.3 Å². The Bertz CT molecular complexity index is 732. The van der Waals surface area contributed by atoms with E-state index < -0.39 is 0 Å². The summed E-state index contributed by atoms with van der Waals surface area (Å²) in [6, 6.07) is 4.77. The average molecular weight is 370 g/mol. The molecule has 0 aliphatic heterocycles. The van der Waals surface area contributed by atoms with E-state index in [0.29, 0.717) is 15.7 Å². The zero-order valence-electron chi connectivity index (χ0n) is 12.1. The van der Waals surface area contributed by atoms with Gasteiger partial charge in [0.1, 0.15) is 5.01 Å². The Labute approximate surface area is 147 Å². The zero-order chi connectivity index (χ0) is 16.8. The van der Waals surface area contributed by atoms with Gasteiger partial charge in [0, 0.05) is 30.4 Å². The number of carbonyl (C=O) groups is 2. The van der Waals surface area contributed by atoms with E-state index in [-0.39, 0.29) is 18.4 Å². The molecule has 0 fully saturated rings. The molecule has 0 aliphatic carbocycles. The molecule has 1 aromatic carbocycles. The van der Waals surface area contributed by atoms with E-state index in [1.54, 1.807) is 37.5 Å². The monoisotopic (exact) mass is 369 g/mol. The molecule has 0 unspecified atom stereocenters. The molecular formula is C15H13Cl2N3O2S. The molecular weight excluding hydrogens is 357 g/mol. The first-order chi connectivity index (χ1) is 11.0. The molecule has 1 N–H and O–H groups in total. The molecule has 2 rings (SSSR count). The maximum absolute atomic E-state index is 11.9. The van der Waals surface area contributed by atoms with Gasteiger partial charge in [-0.25, -0.2) is 4.98 Å². The van der Waals surface area contributed by atoms with Crippen LogP contribution in [0.5, 0.6) is 0 Å². The minimum atomic E-state index is -0.332. The highest BCUT2D eigenvalue weighted by atomic mass is 35.5. The maximum Gasteiger partial charge on any atom is 0.246 e. The molecule has 120 valence electrons. The normalized spacial score (nSPS) is 10.7. The minimum absolute atomic E-state index is 0.0821. The van der Waals surface area contributed by atoms with Crippen molar-refractivity contribution in [2.75, 3.05) is 18.9 Å². The Morgan fingerprint density at radius 3 is 2.78 bits per heavy atom. The summed E-state index contributed by atoms with van der Waals surface area (Å²) in [5.41, 5.74) is 0.517. The summed E-state index contributed by atoms with van der Waals surface area (Å²) in [7, 11) is 1.54. The number of carbonyl (C=O) groups excluding carboxylic acids is 2. The van der Waals surface area contributed by atoms with Gasteiger partial charge >= 0.3 is 0 Å². The first-order valence-corrected chi connectivity index (χ1v) is 8.17. The van der Waals surface area contributed by atoms with Crippen LogP contribution in [0.4, 0.5) is 5.69 Å². The summed E-state index contributed by atoms with van der Waals surface area (Å²) in [6.45, 7) is -0.0821. The smallest absolute Gasteiger partial charge is 0.246 e. The second-order valence-electron chi connectivity index (χ2n) is 4.58. The third kappa shape index (κ3) is 5.35. The molecule has 0 saturated heterocycles. The molecule has 1 aromatic heterocycles. The van der Waals surface area contributed by atoms with Crippen LogP contribution in [0.3, 0.4) is 0 Å². The number of benzene rings is 1. The standard InChI is InChI=1S/C15H13Cl2N3O2S/c1-20(15(22)5-4-14-18-6-7-23-14)9-13(21)19-10-2-3-11(16)12(17)8-10/h2-8H,9H2,1H3,(H,19,21). The van der Waals surface area contributed by atoms with Gasteiger partial charge in [-0.3, -0.25) is 9.59 Å². The molecule has 23 heavy (non-hydrogen) atoms. The SMILES string of the molecule is CN(CC(=O)Nc1ccc(Cl)c(Cl)c1)C(=O)C=Cc1nccs1. The molecule has 8 heteroatoms. The van der Waals surface area contributed by atoms with Crippen molar-refractivity contribution in [3.8, 4) is 0 Å². The molecule has 0 bridgehead atoms. The van der Waals surface area contributed by atoms with Crippen LogP contribution in [-0.4, -0.2) is 35.3 Å². The number of thiazole rings is 1. The number of nitrogens with one attached hydrogen (secondary N) is 1. The Kier molecular flexibility index (Phi) is 6.15. The van der Waals surface area contributed by atoms with Crippen molar-refractivity contribution in [1.82, 2.24) is 9.88 Å². The molecule has 2 aromatic rings. The Morgan fingerprint density at radius 1 is 1.35 bits per heavy atom. The molecule has 5 nitrogen and oxygen atoms in total. The summed E-state index contributed by atoms with van der Waals surface area (Å²) in [5, 5.41) is 5.96. The fraction of sp³-hybridized carbons (Fsp3) is 0.133. The van der Waals surface area contributed by atoms with Crippen molar-refractivity contribution in [2.45, 2.75) is 0 Å². The summed E-state index contributed by atoms with van der Waals surface area (Å²) in [4.78, 5) is 29.2. The van der Waals surface area contributed by atoms with Gasteiger partial charge in [0.15, 0.2) is 0 Å². The fourth-order valence-corrected chi connectivity index (χ4v) is 2.48. The highest BCUT2D eigenvalue weighted by Gasteiger charge is 2.11. The lowest BCUT2D eigenvalue weighted by Crippen LogP contribution is -2.33. The molecule has 2 amide bonds. The van der Waals surface area contributed by atoms with Gasteiger partial charge < -0.3 is 10.2 Å². The second kappa shape index (κ2) is 8.10. The lowest BCUT2D eigenvalue weighted by molar-refractivity contribution is -0.129. The van der Waals surface area contributed by atoms with Crippen molar-refractivity contribution >= 4 is 58.1 Å². The number of hydrogen-bond acceptors (Lipinski definition) is 4. The largest absolute Gasteiger partial charge is 0.333 e. The highest BCUT2D eigenvalue weighted by Crippen LogP contribution is 2.24. The number of halogens is 2. The number of anilines is 1. The first-order valence-electron chi connectivity index (χ1n) is 6.53.